The molecule has 0 aliphatic rings. The Morgan fingerprint density at radius 3 is 2.42 bits per heavy atom. The summed E-state index contributed by atoms with van der Waals surface area (Å²) in [4.78, 5) is 34.9. The molecule has 0 aliphatic carbocycles. The van der Waals surface area contributed by atoms with Gasteiger partial charge in [0.25, 0.3) is 0 Å². The Balaban J connectivity index is 2.37. The van der Waals surface area contributed by atoms with Crippen LogP contribution in [0.2, 0.25) is 0 Å². The highest BCUT2D eigenvalue weighted by atomic mass is 16.4. The summed E-state index contributed by atoms with van der Waals surface area (Å²) in [5.74, 6) is -1.68. The lowest BCUT2D eigenvalue weighted by Crippen LogP contribution is -2.42. The Bertz CT molecular complexity index is 531. The fraction of sp³-hybridized carbons (Fsp3) is 0.500. The first-order chi connectivity index (χ1) is 11.5. The molecule has 0 heterocycles. The fourth-order valence-corrected chi connectivity index (χ4v) is 2.25. The normalized spacial score (nSPS) is 11.5. The molecule has 0 radical (unpaired) electrons. The standard InChI is InChI=1S/C18H26N2O4/c1-2-3-7-12-19-16(21)11-10-15(18(23)24)20-17(22)13-14-8-5-4-6-9-14/h4-6,8-9,15H,2-3,7,10-13H2,1H3,(H,19,21)(H,20,22)(H,23,24). The lowest BCUT2D eigenvalue weighted by atomic mass is 10.1. The average molecular weight is 334 g/mol. The van der Waals surface area contributed by atoms with Gasteiger partial charge in [-0.25, -0.2) is 4.79 Å². The quantitative estimate of drug-likeness (QED) is 0.539. The summed E-state index contributed by atoms with van der Waals surface area (Å²) in [6.45, 7) is 2.68. The van der Waals surface area contributed by atoms with Crippen molar-refractivity contribution in [2.24, 2.45) is 0 Å². The van der Waals surface area contributed by atoms with Gasteiger partial charge in [0.05, 0.1) is 6.42 Å². The molecule has 0 saturated carbocycles. The third kappa shape index (κ3) is 8.31. The van der Waals surface area contributed by atoms with Gasteiger partial charge in [0, 0.05) is 13.0 Å². The molecule has 0 aliphatic heterocycles. The van der Waals surface area contributed by atoms with Gasteiger partial charge in [0.15, 0.2) is 0 Å². The van der Waals surface area contributed by atoms with Crippen LogP contribution in [0, 0.1) is 0 Å². The van der Waals surface area contributed by atoms with Gasteiger partial charge in [-0.1, -0.05) is 50.1 Å². The summed E-state index contributed by atoms with van der Waals surface area (Å²) >= 11 is 0. The number of hydrogen-bond acceptors (Lipinski definition) is 3. The van der Waals surface area contributed by atoms with Crippen LogP contribution in [0.5, 0.6) is 0 Å². The number of aliphatic carboxylic acids is 1. The van der Waals surface area contributed by atoms with Crippen LogP contribution >= 0.6 is 0 Å². The van der Waals surface area contributed by atoms with Crippen LogP contribution in [-0.4, -0.2) is 35.5 Å². The number of carbonyl (C=O) groups excluding carboxylic acids is 2. The molecule has 1 unspecified atom stereocenters. The Morgan fingerprint density at radius 1 is 1.08 bits per heavy atom. The lowest BCUT2D eigenvalue weighted by molar-refractivity contribution is -0.142. The topological polar surface area (TPSA) is 95.5 Å². The Morgan fingerprint density at radius 2 is 1.79 bits per heavy atom. The molecular formula is C18H26N2O4. The molecule has 3 N–H and O–H groups in total. The van der Waals surface area contributed by atoms with Crippen LogP contribution in [0.25, 0.3) is 0 Å². The van der Waals surface area contributed by atoms with Gasteiger partial charge in [-0.15, -0.1) is 0 Å². The van der Waals surface area contributed by atoms with Crippen molar-refractivity contribution in [1.29, 1.82) is 0 Å². The van der Waals surface area contributed by atoms with Crippen molar-refractivity contribution in [3.05, 3.63) is 35.9 Å². The maximum absolute atomic E-state index is 11.9. The molecule has 0 saturated heterocycles. The van der Waals surface area contributed by atoms with Crippen LogP contribution in [0.3, 0.4) is 0 Å². The summed E-state index contributed by atoms with van der Waals surface area (Å²) < 4.78 is 0. The average Bonchev–Trinajstić information content (AvgIpc) is 2.56. The summed E-state index contributed by atoms with van der Waals surface area (Å²) in [6, 6.07) is 8.04. The number of amides is 2. The van der Waals surface area contributed by atoms with Crippen molar-refractivity contribution in [2.45, 2.75) is 51.5 Å². The number of carboxylic acid groups (broad SMARTS) is 1. The zero-order valence-electron chi connectivity index (χ0n) is 14.1. The Kier molecular flexibility index (Phi) is 9.19. The number of carboxylic acids is 1. The smallest absolute Gasteiger partial charge is 0.326 e. The molecule has 132 valence electrons. The molecule has 1 aromatic carbocycles. The monoisotopic (exact) mass is 334 g/mol. The third-order valence-electron chi connectivity index (χ3n) is 3.60. The number of benzene rings is 1. The highest BCUT2D eigenvalue weighted by Gasteiger charge is 2.20. The van der Waals surface area contributed by atoms with Gasteiger partial charge >= 0.3 is 5.97 Å². The lowest BCUT2D eigenvalue weighted by Gasteiger charge is -2.14. The minimum absolute atomic E-state index is 0.0781. The van der Waals surface area contributed by atoms with E-state index in [4.69, 9.17) is 0 Å². The summed E-state index contributed by atoms with van der Waals surface area (Å²) in [5, 5.41) is 14.4. The molecular weight excluding hydrogens is 308 g/mol. The number of nitrogens with one attached hydrogen (secondary N) is 2. The largest absolute Gasteiger partial charge is 0.480 e. The second kappa shape index (κ2) is 11.2. The van der Waals surface area contributed by atoms with Crippen molar-refractivity contribution >= 4 is 17.8 Å². The van der Waals surface area contributed by atoms with Gasteiger partial charge in [-0.05, 0) is 18.4 Å². The summed E-state index contributed by atoms with van der Waals surface area (Å²) in [6.07, 6.45) is 3.31. The minimum atomic E-state index is -1.13. The van der Waals surface area contributed by atoms with Crippen molar-refractivity contribution in [3.8, 4) is 0 Å². The van der Waals surface area contributed by atoms with E-state index in [1.165, 1.54) is 0 Å². The maximum atomic E-state index is 11.9. The number of hydrogen-bond donors (Lipinski definition) is 3. The van der Waals surface area contributed by atoms with Crippen LogP contribution in [0.15, 0.2) is 30.3 Å². The fourth-order valence-electron chi connectivity index (χ4n) is 2.25. The zero-order chi connectivity index (χ0) is 17.8. The molecule has 0 aromatic heterocycles. The van der Waals surface area contributed by atoms with E-state index < -0.39 is 12.0 Å². The molecule has 2 amide bonds. The Hall–Kier alpha value is -2.37. The van der Waals surface area contributed by atoms with Crippen molar-refractivity contribution in [1.82, 2.24) is 10.6 Å². The van der Waals surface area contributed by atoms with Crippen molar-refractivity contribution in [2.75, 3.05) is 6.54 Å². The van der Waals surface area contributed by atoms with E-state index in [0.29, 0.717) is 6.54 Å². The highest BCUT2D eigenvalue weighted by Crippen LogP contribution is 2.03. The van der Waals surface area contributed by atoms with E-state index in [9.17, 15) is 19.5 Å². The first-order valence-electron chi connectivity index (χ1n) is 8.35. The van der Waals surface area contributed by atoms with Crippen molar-refractivity contribution in [3.63, 3.8) is 0 Å². The van der Waals surface area contributed by atoms with E-state index in [2.05, 4.69) is 17.6 Å². The molecule has 0 fully saturated rings. The molecule has 6 heteroatoms. The molecule has 1 aromatic rings. The van der Waals surface area contributed by atoms with Gasteiger partial charge < -0.3 is 15.7 Å². The van der Waals surface area contributed by atoms with E-state index in [-0.39, 0.29) is 31.1 Å². The second-order valence-corrected chi connectivity index (χ2v) is 5.72. The maximum Gasteiger partial charge on any atom is 0.326 e. The van der Waals surface area contributed by atoms with E-state index in [1.54, 1.807) is 12.1 Å². The molecule has 0 spiro atoms. The molecule has 1 atom stereocenters. The first kappa shape index (κ1) is 19.7. The highest BCUT2D eigenvalue weighted by molar-refractivity contribution is 5.85. The van der Waals surface area contributed by atoms with E-state index in [0.717, 1.165) is 24.8 Å². The van der Waals surface area contributed by atoms with Crippen molar-refractivity contribution < 1.29 is 19.5 Å². The predicted molar refractivity (Wildman–Crippen MR) is 91.5 cm³/mol. The molecule has 6 nitrogen and oxygen atoms in total. The van der Waals surface area contributed by atoms with Gasteiger partial charge in [0.1, 0.15) is 6.04 Å². The van der Waals surface area contributed by atoms with E-state index in [1.807, 2.05) is 18.2 Å². The zero-order valence-corrected chi connectivity index (χ0v) is 14.1. The number of carbonyl (C=O) groups is 3. The van der Waals surface area contributed by atoms with E-state index >= 15 is 0 Å². The first-order valence-corrected chi connectivity index (χ1v) is 8.35. The number of unbranched alkanes of at least 4 members (excludes halogenated alkanes) is 2. The van der Waals surface area contributed by atoms with Crippen LogP contribution in [0.1, 0.15) is 44.6 Å². The molecule has 0 bridgehead atoms. The SMILES string of the molecule is CCCCCNC(=O)CCC(NC(=O)Cc1ccccc1)C(=O)O. The third-order valence-corrected chi connectivity index (χ3v) is 3.60. The number of rotatable bonds is 11. The predicted octanol–water partition coefficient (Wildman–Crippen LogP) is 1.89. The van der Waals surface area contributed by atoms with Crippen LogP contribution in [0.4, 0.5) is 0 Å². The van der Waals surface area contributed by atoms with Crippen LogP contribution in [-0.2, 0) is 20.8 Å². The Labute approximate surface area is 142 Å². The molecule has 24 heavy (non-hydrogen) atoms. The minimum Gasteiger partial charge on any atom is -0.480 e. The van der Waals surface area contributed by atoms with Crippen LogP contribution < -0.4 is 10.6 Å². The van der Waals surface area contributed by atoms with Gasteiger partial charge in [-0.2, -0.15) is 0 Å². The van der Waals surface area contributed by atoms with Gasteiger partial charge in [0.2, 0.25) is 11.8 Å². The summed E-state index contributed by atoms with van der Waals surface area (Å²) in [5.41, 5.74) is 0.813. The molecule has 1 rings (SSSR count). The second-order valence-electron chi connectivity index (χ2n) is 5.72. The van der Waals surface area contributed by atoms with Gasteiger partial charge in [-0.3, -0.25) is 9.59 Å². The summed E-state index contributed by atoms with van der Waals surface area (Å²) in [7, 11) is 0.